The van der Waals surface area contributed by atoms with E-state index in [-0.39, 0.29) is 6.04 Å². The molecule has 112 valence electrons. The van der Waals surface area contributed by atoms with Crippen molar-refractivity contribution in [2.24, 2.45) is 0 Å². The molecule has 0 aliphatic rings. The van der Waals surface area contributed by atoms with Gasteiger partial charge in [-0.15, -0.1) is 0 Å². The van der Waals surface area contributed by atoms with Crippen LogP contribution in [0.3, 0.4) is 0 Å². The predicted molar refractivity (Wildman–Crippen MR) is 90.7 cm³/mol. The molecule has 21 heavy (non-hydrogen) atoms. The standard InChI is InChI=1S/C16H17Cl2NOS/c1-11-6-3-4-7-12(11)15(19-2)10-21(20)16-13(17)8-5-9-14(16)18/h3-9,15,19H,10H2,1-2H3. The first-order valence-electron chi connectivity index (χ1n) is 6.59. The maximum atomic E-state index is 12.6. The smallest absolute Gasteiger partial charge is 0.0761 e. The summed E-state index contributed by atoms with van der Waals surface area (Å²) >= 11 is 12.3. The molecule has 2 aromatic carbocycles. The van der Waals surface area contributed by atoms with E-state index in [0.717, 1.165) is 5.56 Å². The summed E-state index contributed by atoms with van der Waals surface area (Å²) in [4.78, 5) is 0.509. The Labute approximate surface area is 137 Å². The monoisotopic (exact) mass is 341 g/mol. The second-order valence-electron chi connectivity index (χ2n) is 4.76. The third-order valence-corrected chi connectivity index (χ3v) is 5.76. The molecule has 0 spiro atoms. The minimum absolute atomic E-state index is 0.0145. The molecule has 0 amide bonds. The van der Waals surface area contributed by atoms with Crippen molar-refractivity contribution < 1.29 is 4.21 Å². The lowest BCUT2D eigenvalue weighted by Crippen LogP contribution is -2.23. The van der Waals surface area contributed by atoms with Crippen molar-refractivity contribution in [1.29, 1.82) is 0 Å². The molecule has 2 rings (SSSR count). The highest BCUT2D eigenvalue weighted by molar-refractivity contribution is 7.85. The van der Waals surface area contributed by atoms with Crippen LogP contribution in [0.1, 0.15) is 17.2 Å². The van der Waals surface area contributed by atoms with Gasteiger partial charge in [-0.25, -0.2) is 0 Å². The van der Waals surface area contributed by atoms with E-state index in [2.05, 4.69) is 5.32 Å². The van der Waals surface area contributed by atoms with Gasteiger partial charge in [0.25, 0.3) is 0 Å². The Hall–Kier alpha value is -0.870. The average molecular weight is 342 g/mol. The van der Waals surface area contributed by atoms with Gasteiger partial charge in [0.2, 0.25) is 0 Å². The number of hydrogen-bond donors (Lipinski definition) is 1. The molecule has 2 nitrogen and oxygen atoms in total. The molecule has 0 saturated heterocycles. The van der Waals surface area contributed by atoms with Crippen molar-refractivity contribution >= 4 is 34.0 Å². The summed E-state index contributed by atoms with van der Waals surface area (Å²) in [5, 5.41) is 4.11. The number of halogens is 2. The molecular weight excluding hydrogens is 325 g/mol. The van der Waals surface area contributed by atoms with E-state index < -0.39 is 10.8 Å². The van der Waals surface area contributed by atoms with Gasteiger partial charge in [-0.05, 0) is 37.2 Å². The van der Waals surface area contributed by atoms with Crippen LogP contribution in [0, 0.1) is 6.92 Å². The predicted octanol–water partition coefficient (Wildman–Crippen LogP) is 4.37. The van der Waals surface area contributed by atoms with Gasteiger partial charge < -0.3 is 5.32 Å². The Balaban J connectivity index is 2.27. The van der Waals surface area contributed by atoms with Crippen molar-refractivity contribution in [1.82, 2.24) is 5.32 Å². The van der Waals surface area contributed by atoms with E-state index in [1.807, 2.05) is 38.2 Å². The van der Waals surface area contributed by atoms with Crippen molar-refractivity contribution in [3.8, 4) is 0 Å². The van der Waals surface area contributed by atoms with Gasteiger partial charge in [0.15, 0.2) is 0 Å². The molecular formula is C16H17Cl2NOS. The summed E-state index contributed by atoms with van der Waals surface area (Å²) in [6.45, 7) is 2.05. The Kier molecular flexibility index (Phi) is 5.82. The first-order chi connectivity index (χ1) is 10.0. The molecule has 2 aromatic rings. The summed E-state index contributed by atoms with van der Waals surface area (Å²) in [6.07, 6.45) is 0. The van der Waals surface area contributed by atoms with Crippen LogP contribution in [-0.4, -0.2) is 17.0 Å². The topological polar surface area (TPSA) is 29.1 Å². The normalized spacial score (nSPS) is 13.9. The fourth-order valence-electron chi connectivity index (χ4n) is 2.24. The maximum Gasteiger partial charge on any atom is 0.0761 e. The Bertz CT molecular complexity index is 640. The highest BCUT2D eigenvalue weighted by atomic mass is 35.5. The summed E-state index contributed by atoms with van der Waals surface area (Å²) in [7, 11) is 0.592. The second-order valence-corrected chi connectivity index (χ2v) is 7.01. The lowest BCUT2D eigenvalue weighted by molar-refractivity contribution is 0.633. The lowest BCUT2D eigenvalue weighted by atomic mass is 10.0. The molecule has 0 bridgehead atoms. The van der Waals surface area contributed by atoms with Crippen LogP contribution < -0.4 is 5.32 Å². The first kappa shape index (κ1) is 16.5. The van der Waals surface area contributed by atoms with Crippen LogP contribution in [0.15, 0.2) is 47.4 Å². The minimum Gasteiger partial charge on any atom is -0.312 e. The number of aryl methyl sites for hydroxylation is 1. The zero-order chi connectivity index (χ0) is 15.4. The molecule has 2 atom stereocenters. The van der Waals surface area contributed by atoms with Gasteiger partial charge in [-0.2, -0.15) is 0 Å². The molecule has 0 fully saturated rings. The highest BCUT2D eigenvalue weighted by Crippen LogP contribution is 2.30. The zero-order valence-electron chi connectivity index (χ0n) is 11.9. The van der Waals surface area contributed by atoms with Gasteiger partial charge in [-0.3, -0.25) is 4.21 Å². The van der Waals surface area contributed by atoms with E-state index in [1.165, 1.54) is 5.56 Å². The molecule has 1 N–H and O–H groups in total. The zero-order valence-corrected chi connectivity index (χ0v) is 14.2. The first-order valence-corrected chi connectivity index (χ1v) is 8.67. The molecule has 0 aromatic heterocycles. The third-order valence-electron chi connectivity index (χ3n) is 3.38. The molecule has 0 radical (unpaired) electrons. The fourth-order valence-corrected chi connectivity index (χ4v) is 4.54. The Morgan fingerprint density at radius 3 is 2.29 bits per heavy atom. The van der Waals surface area contributed by atoms with Crippen molar-refractivity contribution in [3.05, 3.63) is 63.6 Å². The molecule has 5 heteroatoms. The second kappa shape index (κ2) is 7.41. The molecule has 0 aliphatic heterocycles. The average Bonchev–Trinajstić information content (AvgIpc) is 2.45. The number of rotatable bonds is 5. The molecule has 0 aliphatic carbocycles. The van der Waals surface area contributed by atoms with E-state index in [0.29, 0.717) is 20.7 Å². The van der Waals surface area contributed by atoms with Gasteiger partial charge in [0.1, 0.15) is 0 Å². The van der Waals surface area contributed by atoms with Crippen LogP contribution in [0.2, 0.25) is 10.0 Å². The Morgan fingerprint density at radius 1 is 1.10 bits per heavy atom. The van der Waals surface area contributed by atoms with Crippen LogP contribution >= 0.6 is 23.2 Å². The maximum absolute atomic E-state index is 12.6. The summed E-state index contributed by atoms with van der Waals surface area (Å²) < 4.78 is 12.6. The van der Waals surface area contributed by atoms with Crippen molar-refractivity contribution in [2.45, 2.75) is 17.9 Å². The molecule has 0 heterocycles. The van der Waals surface area contributed by atoms with Gasteiger partial charge >= 0.3 is 0 Å². The van der Waals surface area contributed by atoms with E-state index >= 15 is 0 Å². The van der Waals surface area contributed by atoms with Gasteiger partial charge in [0, 0.05) is 11.8 Å². The number of hydrogen-bond acceptors (Lipinski definition) is 2. The molecule has 2 unspecified atom stereocenters. The SMILES string of the molecule is CNC(CS(=O)c1c(Cl)cccc1Cl)c1ccccc1C. The summed E-state index contributed by atoms with van der Waals surface area (Å²) in [6, 6.07) is 13.2. The van der Waals surface area contributed by atoms with Crippen LogP contribution in [0.5, 0.6) is 0 Å². The minimum atomic E-state index is -1.27. The van der Waals surface area contributed by atoms with Crippen LogP contribution in [0.4, 0.5) is 0 Å². The van der Waals surface area contributed by atoms with E-state index in [9.17, 15) is 4.21 Å². The van der Waals surface area contributed by atoms with Gasteiger partial charge in [-0.1, -0.05) is 53.5 Å². The summed E-state index contributed by atoms with van der Waals surface area (Å²) in [5.74, 6) is 0.421. The summed E-state index contributed by atoms with van der Waals surface area (Å²) in [5.41, 5.74) is 2.30. The molecule has 0 saturated carbocycles. The number of benzene rings is 2. The van der Waals surface area contributed by atoms with Crippen LogP contribution in [0.25, 0.3) is 0 Å². The van der Waals surface area contributed by atoms with Crippen LogP contribution in [-0.2, 0) is 10.8 Å². The van der Waals surface area contributed by atoms with E-state index in [4.69, 9.17) is 23.2 Å². The highest BCUT2D eigenvalue weighted by Gasteiger charge is 2.19. The van der Waals surface area contributed by atoms with E-state index in [1.54, 1.807) is 18.2 Å². The van der Waals surface area contributed by atoms with Crippen molar-refractivity contribution in [3.63, 3.8) is 0 Å². The van der Waals surface area contributed by atoms with Gasteiger partial charge in [0.05, 0.1) is 25.7 Å². The lowest BCUT2D eigenvalue weighted by Gasteiger charge is -2.19. The van der Waals surface area contributed by atoms with Crippen molar-refractivity contribution in [2.75, 3.05) is 12.8 Å². The largest absolute Gasteiger partial charge is 0.312 e. The quantitative estimate of drug-likeness (QED) is 0.874. The third kappa shape index (κ3) is 3.86. The fraction of sp³-hybridized carbons (Fsp3) is 0.250. The Morgan fingerprint density at radius 2 is 1.71 bits per heavy atom. The number of nitrogens with one attached hydrogen (secondary N) is 1.